The van der Waals surface area contributed by atoms with Crippen LogP contribution in [-0.4, -0.2) is 28.0 Å². The summed E-state index contributed by atoms with van der Waals surface area (Å²) in [7, 11) is 0. The number of halogens is 1. The van der Waals surface area contributed by atoms with Gasteiger partial charge in [0.15, 0.2) is 0 Å². The van der Waals surface area contributed by atoms with E-state index in [-0.39, 0.29) is 12.0 Å². The summed E-state index contributed by atoms with van der Waals surface area (Å²) >= 11 is 5.94. The van der Waals surface area contributed by atoms with Crippen molar-refractivity contribution in [2.45, 2.75) is 18.9 Å². The van der Waals surface area contributed by atoms with Gasteiger partial charge in [-0.3, -0.25) is 0 Å². The fourth-order valence-corrected chi connectivity index (χ4v) is 2.94. The van der Waals surface area contributed by atoms with Crippen molar-refractivity contribution in [2.75, 3.05) is 0 Å². The van der Waals surface area contributed by atoms with Gasteiger partial charge in [-0.05, 0) is 30.2 Å². The van der Waals surface area contributed by atoms with E-state index in [1.807, 2.05) is 49.4 Å². The van der Waals surface area contributed by atoms with E-state index in [9.17, 15) is 9.90 Å². The second kappa shape index (κ2) is 5.81. The van der Waals surface area contributed by atoms with Crippen molar-refractivity contribution in [1.29, 1.82) is 0 Å². The minimum atomic E-state index is -1.04. The normalized spacial score (nSPS) is 20.8. The van der Waals surface area contributed by atoms with Gasteiger partial charge in [-0.2, -0.15) is 10.1 Å². The maximum absolute atomic E-state index is 11.4. The van der Waals surface area contributed by atoms with Crippen LogP contribution in [0.3, 0.4) is 0 Å². The molecule has 0 aliphatic carbocycles. The van der Waals surface area contributed by atoms with Gasteiger partial charge in [0.1, 0.15) is 0 Å². The van der Waals surface area contributed by atoms with Crippen molar-refractivity contribution in [3.63, 3.8) is 0 Å². The van der Waals surface area contributed by atoms with Crippen LogP contribution < -0.4 is 0 Å². The Morgan fingerprint density at radius 1 is 1.14 bits per heavy atom. The van der Waals surface area contributed by atoms with Crippen LogP contribution in [-0.2, 0) is 0 Å². The Labute approximate surface area is 133 Å². The highest BCUT2D eigenvalue weighted by Crippen LogP contribution is 2.34. The lowest BCUT2D eigenvalue weighted by molar-refractivity contribution is 0.135. The monoisotopic (exact) mass is 314 g/mol. The van der Waals surface area contributed by atoms with Crippen LogP contribution in [0, 0.1) is 0 Å². The molecule has 1 amide bonds. The third kappa shape index (κ3) is 2.57. The van der Waals surface area contributed by atoms with E-state index in [0.717, 1.165) is 21.8 Å². The van der Waals surface area contributed by atoms with Crippen molar-refractivity contribution in [1.82, 2.24) is 5.01 Å². The zero-order valence-corrected chi connectivity index (χ0v) is 12.7. The van der Waals surface area contributed by atoms with Crippen molar-refractivity contribution in [3.05, 3.63) is 70.7 Å². The molecule has 0 bridgehead atoms. The Bertz CT molecular complexity index is 713. The Balaban J connectivity index is 2.08. The molecule has 0 fully saturated rings. The predicted octanol–water partition coefficient (Wildman–Crippen LogP) is 4.21. The third-order valence-electron chi connectivity index (χ3n) is 3.87. The molecule has 0 saturated heterocycles. The molecule has 0 radical (unpaired) electrons. The summed E-state index contributed by atoms with van der Waals surface area (Å²) in [6, 6.07) is 16.9. The molecule has 0 aromatic heterocycles. The van der Waals surface area contributed by atoms with Crippen molar-refractivity contribution in [3.8, 4) is 0 Å². The average molecular weight is 315 g/mol. The predicted molar refractivity (Wildman–Crippen MR) is 86.5 cm³/mol. The number of amides is 1. The fourth-order valence-electron chi connectivity index (χ4n) is 2.81. The molecule has 22 heavy (non-hydrogen) atoms. The molecular weight excluding hydrogens is 300 g/mol. The highest BCUT2D eigenvalue weighted by Gasteiger charge is 2.38. The highest BCUT2D eigenvalue weighted by molar-refractivity contribution is 6.30. The maximum atomic E-state index is 11.4. The van der Waals surface area contributed by atoms with Gasteiger partial charge in [0, 0.05) is 5.02 Å². The van der Waals surface area contributed by atoms with E-state index < -0.39 is 6.09 Å². The second-order valence-electron chi connectivity index (χ2n) is 5.25. The number of nitrogens with zero attached hydrogens (tertiary/aromatic N) is 2. The van der Waals surface area contributed by atoms with E-state index in [2.05, 4.69) is 5.10 Å². The van der Waals surface area contributed by atoms with E-state index in [0.29, 0.717) is 5.02 Å². The molecule has 1 aliphatic rings. The summed E-state index contributed by atoms with van der Waals surface area (Å²) in [5.74, 6) is -0.0986. The quantitative estimate of drug-likeness (QED) is 0.902. The zero-order chi connectivity index (χ0) is 15.7. The van der Waals surface area contributed by atoms with Gasteiger partial charge in [-0.1, -0.05) is 54.1 Å². The Kier molecular flexibility index (Phi) is 3.86. The molecule has 2 atom stereocenters. The summed E-state index contributed by atoms with van der Waals surface area (Å²) in [5, 5.41) is 15.5. The van der Waals surface area contributed by atoms with Crippen LogP contribution in [0.25, 0.3) is 0 Å². The minimum absolute atomic E-state index is 0.0986. The van der Waals surface area contributed by atoms with Gasteiger partial charge in [-0.15, -0.1) is 0 Å². The van der Waals surface area contributed by atoms with Gasteiger partial charge < -0.3 is 5.11 Å². The first-order valence-electron chi connectivity index (χ1n) is 6.99. The first-order valence-corrected chi connectivity index (χ1v) is 7.37. The molecule has 0 saturated carbocycles. The van der Waals surface area contributed by atoms with Crippen LogP contribution in [0.15, 0.2) is 59.7 Å². The van der Waals surface area contributed by atoms with Gasteiger partial charge in [0.2, 0.25) is 0 Å². The lowest BCUT2D eigenvalue weighted by Gasteiger charge is -2.21. The van der Waals surface area contributed by atoms with Crippen LogP contribution in [0.1, 0.15) is 24.0 Å². The minimum Gasteiger partial charge on any atom is -0.464 e. The summed E-state index contributed by atoms with van der Waals surface area (Å²) < 4.78 is 0. The van der Waals surface area contributed by atoms with Crippen LogP contribution in [0.4, 0.5) is 4.79 Å². The van der Waals surface area contributed by atoms with Crippen molar-refractivity contribution in [2.24, 2.45) is 5.10 Å². The number of rotatable bonds is 2. The lowest BCUT2D eigenvalue weighted by atomic mass is 9.86. The van der Waals surface area contributed by atoms with E-state index in [1.54, 1.807) is 12.1 Å². The number of carbonyl (C=O) groups is 1. The molecular formula is C17H15ClN2O2. The van der Waals surface area contributed by atoms with Crippen LogP contribution in [0.2, 0.25) is 5.02 Å². The summed E-state index contributed by atoms with van der Waals surface area (Å²) in [5.41, 5.74) is 2.68. The van der Waals surface area contributed by atoms with E-state index in [1.165, 1.54) is 0 Å². The SMILES string of the molecule is C[C@@H]1[C@@H](c2ccccc2)C(c2ccc(Cl)cc2)=NN1C(=O)O. The van der Waals surface area contributed by atoms with Gasteiger partial charge >= 0.3 is 6.09 Å². The van der Waals surface area contributed by atoms with Gasteiger partial charge in [0.25, 0.3) is 0 Å². The van der Waals surface area contributed by atoms with Crippen LogP contribution >= 0.6 is 11.6 Å². The molecule has 3 rings (SSSR count). The average Bonchev–Trinajstić information content (AvgIpc) is 2.86. The molecule has 0 unspecified atom stereocenters. The number of hydrogen-bond donors (Lipinski definition) is 1. The maximum Gasteiger partial charge on any atom is 0.428 e. The van der Waals surface area contributed by atoms with E-state index >= 15 is 0 Å². The fraction of sp³-hybridized carbons (Fsp3) is 0.176. The standard InChI is InChI=1S/C17H15ClN2O2/c1-11-15(12-5-3-2-4-6-12)16(19-20(11)17(21)22)13-7-9-14(18)10-8-13/h2-11,15H,1H3,(H,21,22)/t11-,15+/m1/s1. The van der Waals surface area contributed by atoms with Crippen LogP contribution in [0.5, 0.6) is 0 Å². The van der Waals surface area contributed by atoms with Crippen molar-refractivity contribution < 1.29 is 9.90 Å². The van der Waals surface area contributed by atoms with Crippen molar-refractivity contribution >= 4 is 23.4 Å². The second-order valence-corrected chi connectivity index (χ2v) is 5.68. The number of carboxylic acid groups (broad SMARTS) is 1. The Morgan fingerprint density at radius 3 is 2.36 bits per heavy atom. The summed E-state index contributed by atoms with van der Waals surface area (Å²) in [6.07, 6.45) is -1.04. The number of hydrogen-bond acceptors (Lipinski definition) is 2. The molecule has 1 heterocycles. The largest absolute Gasteiger partial charge is 0.464 e. The first kappa shape index (κ1) is 14.6. The summed E-state index contributed by atoms with van der Waals surface area (Å²) in [4.78, 5) is 11.4. The Morgan fingerprint density at radius 2 is 1.77 bits per heavy atom. The molecule has 0 spiro atoms. The molecule has 2 aromatic rings. The van der Waals surface area contributed by atoms with Gasteiger partial charge in [0.05, 0.1) is 17.7 Å². The van der Waals surface area contributed by atoms with E-state index in [4.69, 9.17) is 11.6 Å². The molecule has 4 nitrogen and oxygen atoms in total. The summed E-state index contributed by atoms with van der Waals surface area (Å²) in [6.45, 7) is 1.87. The van der Waals surface area contributed by atoms with Gasteiger partial charge in [-0.25, -0.2) is 4.79 Å². The lowest BCUT2D eigenvalue weighted by Crippen LogP contribution is -2.33. The third-order valence-corrected chi connectivity index (χ3v) is 4.12. The molecule has 5 heteroatoms. The highest BCUT2D eigenvalue weighted by atomic mass is 35.5. The topological polar surface area (TPSA) is 52.9 Å². The number of hydrazone groups is 1. The zero-order valence-electron chi connectivity index (χ0n) is 12.0. The molecule has 112 valence electrons. The number of benzene rings is 2. The Hall–Kier alpha value is -2.33. The first-order chi connectivity index (χ1) is 10.6. The molecule has 2 aromatic carbocycles. The molecule has 1 aliphatic heterocycles. The molecule has 1 N–H and O–H groups in total. The smallest absolute Gasteiger partial charge is 0.428 e.